The number of carbonyl (C=O) groups excluding carboxylic acids is 1. The zero-order valence-corrected chi connectivity index (χ0v) is 5.05. The SMILES string of the molecule is [CH2]CC1C=CNC(=O)N1. The van der Waals surface area contributed by atoms with Gasteiger partial charge >= 0.3 is 6.03 Å². The van der Waals surface area contributed by atoms with Crippen LogP contribution in [0.25, 0.3) is 0 Å². The Morgan fingerprint density at radius 2 is 2.56 bits per heavy atom. The van der Waals surface area contributed by atoms with Gasteiger partial charge in [0.2, 0.25) is 0 Å². The number of amides is 2. The summed E-state index contributed by atoms with van der Waals surface area (Å²) in [7, 11) is 0. The van der Waals surface area contributed by atoms with E-state index in [-0.39, 0.29) is 12.1 Å². The molecule has 49 valence electrons. The van der Waals surface area contributed by atoms with Gasteiger partial charge < -0.3 is 10.6 Å². The van der Waals surface area contributed by atoms with Gasteiger partial charge in [0.1, 0.15) is 0 Å². The maximum Gasteiger partial charge on any atom is 0.319 e. The van der Waals surface area contributed by atoms with Crippen LogP contribution in [-0.2, 0) is 0 Å². The zero-order chi connectivity index (χ0) is 6.69. The highest BCUT2D eigenvalue weighted by atomic mass is 16.2. The largest absolute Gasteiger partial charge is 0.332 e. The molecule has 0 aromatic rings. The molecule has 1 aliphatic heterocycles. The van der Waals surface area contributed by atoms with E-state index < -0.39 is 0 Å². The number of nitrogens with one attached hydrogen (secondary N) is 2. The van der Waals surface area contributed by atoms with Gasteiger partial charge in [-0.25, -0.2) is 4.79 Å². The van der Waals surface area contributed by atoms with Crippen LogP contribution in [0.2, 0.25) is 0 Å². The lowest BCUT2D eigenvalue weighted by molar-refractivity contribution is 0.240. The zero-order valence-electron chi connectivity index (χ0n) is 5.05. The number of hydrogen-bond donors (Lipinski definition) is 2. The van der Waals surface area contributed by atoms with Gasteiger partial charge in [0, 0.05) is 6.20 Å². The van der Waals surface area contributed by atoms with Gasteiger partial charge in [0.15, 0.2) is 0 Å². The van der Waals surface area contributed by atoms with Crippen molar-refractivity contribution in [3.63, 3.8) is 0 Å². The van der Waals surface area contributed by atoms with Crippen LogP contribution in [0.5, 0.6) is 0 Å². The molecule has 1 atom stereocenters. The molecule has 0 aliphatic carbocycles. The molecule has 0 fully saturated rings. The molecule has 0 saturated heterocycles. The Morgan fingerprint density at radius 3 is 3.00 bits per heavy atom. The van der Waals surface area contributed by atoms with Crippen LogP contribution in [0, 0.1) is 6.92 Å². The monoisotopic (exact) mass is 125 g/mol. The average molecular weight is 125 g/mol. The lowest BCUT2D eigenvalue weighted by atomic mass is 10.2. The van der Waals surface area contributed by atoms with Gasteiger partial charge in [0.25, 0.3) is 0 Å². The molecule has 1 aliphatic rings. The van der Waals surface area contributed by atoms with E-state index in [2.05, 4.69) is 17.6 Å². The number of rotatable bonds is 1. The molecule has 1 rings (SSSR count). The van der Waals surface area contributed by atoms with Gasteiger partial charge in [-0.2, -0.15) is 0 Å². The highest BCUT2D eigenvalue weighted by Gasteiger charge is 2.08. The average Bonchev–Trinajstić information content (AvgIpc) is 1.88. The summed E-state index contributed by atoms with van der Waals surface area (Å²) in [5.41, 5.74) is 0. The fourth-order valence-corrected chi connectivity index (χ4v) is 0.667. The third kappa shape index (κ3) is 1.45. The highest BCUT2D eigenvalue weighted by Crippen LogP contribution is 1.94. The molecule has 0 aromatic carbocycles. The van der Waals surface area contributed by atoms with Gasteiger partial charge in [0.05, 0.1) is 6.04 Å². The number of carbonyl (C=O) groups is 1. The lowest BCUT2D eigenvalue weighted by Crippen LogP contribution is -2.42. The van der Waals surface area contributed by atoms with E-state index in [0.29, 0.717) is 6.42 Å². The van der Waals surface area contributed by atoms with Crippen LogP contribution < -0.4 is 10.6 Å². The fourth-order valence-electron chi connectivity index (χ4n) is 0.667. The Morgan fingerprint density at radius 1 is 1.78 bits per heavy atom. The first-order valence-corrected chi connectivity index (χ1v) is 2.86. The molecule has 2 amide bonds. The first-order valence-electron chi connectivity index (χ1n) is 2.86. The molecule has 1 unspecified atom stereocenters. The quantitative estimate of drug-likeness (QED) is 0.523. The minimum Gasteiger partial charge on any atom is -0.332 e. The van der Waals surface area contributed by atoms with Crippen LogP contribution >= 0.6 is 0 Å². The fraction of sp³-hybridized carbons (Fsp3) is 0.333. The summed E-state index contributed by atoms with van der Waals surface area (Å²) >= 11 is 0. The van der Waals surface area contributed by atoms with E-state index in [4.69, 9.17) is 0 Å². The first kappa shape index (κ1) is 6.13. The summed E-state index contributed by atoms with van der Waals surface area (Å²) in [6.45, 7) is 3.65. The van der Waals surface area contributed by atoms with Gasteiger partial charge in [-0.15, -0.1) is 0 Å². The predicted octanol–water partition coefficient (Wildman–Crippen LogP) is 0.406. The standard InChI is InChI=1S/C6H9N2O/c1-2-5-3-4-7-6(9)8-5/h3-5H,1-2H2,(H2,7,8,9). The minimum absolute atomic E-state index is 0.110. The van der Waals surface area contributed by atoms with Crippen LogP contribution in [0.4, 0.5) is 4.79 Å². The van der Waals surface area contributed by atoms with Crippen LogP contribution in [0.3, 0.4) is 0 Å². The smallest absolute Gasteiger partial charge is 0.319 e. The van der Waals surface area contributed by atoms with E-state index in [1.165, 1.54) is 0 Å². The third-order valence-electron chi connectivity index (χ3n) is 1.17. The second-order valence-corrected chi connectivity index (χ2v) is 1.87. The predicted molar refractivity (Wildman–Crippen MR) is 34.6 cm³/mol. The minimum atomic E-state index is -0.147. The third-order valence-corrected chi connectivity index (χ3v) is 1.17. The van der Waals surface area contributed by atoms with E-state index in [0.717, 1.165) is 0 Å². The summed E-state index contributed by atoms with van der Waals surface area (Å²) < 4.78 is 0. The lowest BCUT2D eigenvalue weighted by Gasteiger charge is -2.16. The number of hydrogen-bond acceptors (Lipinski definition) is 1. The molecule has 9 heavy (non-hydrogen) atoms. The summed E-state index contributed by atoms with van der Waals surface area (Å²) in [6.07, 6.45) is 4.20. The van der Waals surface area contributed by atoms with Crippen molar-refractivity contribution < 1.29 is 4.79 Å². The van der Waals surface area contributed by atoms with E-state index in [9.17, 15) is 4.79 Å². The van der Waals surface area contributed by atoms with Crippen molar-refractivity contribution in [2.75, 3.05) is 0 Å². The Hall–Kier alpha value is -0.990. The first-order chi connectivity index (χ1) is 4.33. The molecule has 3 heteroatoms. The van der Waals surface area contributed by atoms with E-state index in [1.807, 2.05) is 6.08 Å². The van der Waals surface area contributed by atoms with Crippen LogP contribution in [0.1, 0.15) is 6.42 Å². The van der Waals surface area contributed by atoms with Crippen LogP contribution in [-0.4, -0.2) is 12.1 Å². The summed E-state index contributed by atoms with van der Waals surface area (Å²) in [5.74, 6) is 0. The van der Waals surface area contributed by atoms with Gasteiger partial charge in [-0.1, -0.05) is 6.92 Å². The maximum absolute atomic E-state index is 10.5. The van der Waals surface area contributed by atoms with Crippen molar-refractivity contribution in [3.05, 3.63) is 19.2 Å². The molecule has 1 radical (unpaired) electrons. The van der Waals surface area contributed by atoms with E-state index in [1.54, 1.807) is 6.20 Å². The topological polar surface area (TPSA) is 41.1 Å². The van der Waals surface area contributed by atoms with Crippen molar-refractivity contribution in [1.82, 2.24) is 10.6 Å². The Kier molecular flexibility index (Phi) is 1.72. The molecule has 0 spiro atoms. The molecule has 0 saturated carbocycles. The molecule has 0 aromatic heterocycles. The maximum atomic E-state index is 10.5. The number of urea groups is 1. The van der Waals surface area contributed by atoms with E-state index >= 15 is 0 Å². The normalized spacial score (nSPS) is 25.0. The Bertz CT molecular complexity index is 142. The van der Waals surface area contributed by atoms with Gasteiger partial charge in [-0.3, -0.25) is 0 Å². The molecule has 1 heterocycles. The van der Waals surface area contributed by atoms with Crippen molar-refractivity contribution in [3.8, 4) is 0 Å². The molecular formula is C6H9N2O. The second-order valence-electron chi connectivity index (χ2n) is 1.87. The second kappa shape index (κ2) is 2.53. The molecular weight excluding hydrogens is 116 g/mol. The molecule has 2 N–H and O–H groups in total. The van der Waals surface area contributed by atoms with Crippen LogP contribution in [0.15, 0.2) is 12.3 Å². The molecule has 3 nitrogen and oxygen atoms in total. The van der Waals surface area contributed by atoms with Gasteiger partial charge in [-0.05, 0) is 12.5 Å². The summed E-state index contributed by atoms with van der Waals surface area (Å²) in [5, 5.41) is 5.15. The van der Waals surface area contributed by atoms with Crippen molar-refractivity contribution >= 4 is 6.03 Å². The molecule has 0 bridgehead atoms. The summed E-state index contributed by atoms with van der Waals surface area (Å²) in [6, 6.07) is -0.0371. The highest BCUT2D eigenvalue weighted by molar-refractivity contribution is 5.76. The van der Waals surface area contributed by atoms with Crippen molar-refractivity contribution in [2.24, 2.45) is 0 Å². The summed E-state index contributed by atoms with van der Waals surface area (Å²) in [4.78, 5) is 10.5. The van der Waals surface area contributed by atoms with Crippen molar-refractivity contribution in [1.29, 1.82) is 0 Å². The Labute approximate surface area is 54.1 Å². The van der Waals surface area contributed by atoms with Crippen molar-refractivity contribution in [2.45, 2.75) is 12.5 Å². The Balaban J connectivity index is 2.49.